The summed E-state index contributed by atoms with van der Waals surface area (Å²) in [6.07, 6.45) is 2.00. The number of nitrogens with two attached hydrogens (primary N) is 1. The van der Waals surface area contributed by atoms with Gasteiger partial charge >= 0.3 is 18.2 Å². The zero-order valence-corrected chi connectivity index (χ0v) is 40.0. The molecular weight excluding hydrogens is 895 g/mol. The zero-order chi connectivity index (χ0) is 50.8. The number of aryl methyl sites for hydroxylation is 1. The van der Waals surface area contributed by atoms with Crippen molar-refractivity contribution in [3.8, 4) is 34.0 Å². The first kappa shape index (κ1) is 51.8. The van der Waals surface area contributed by atoms with Gasteiger partial charge in [0.15, 0.2) is 5.82 Å². The van der Waals surface area contributed by atoms with Crippen molar-refractivity contribution in [1.82, 2.24) is 40.7 Å². The molecule has 362 valence electrons. The molecule has 7 aromatic rings. The van der Waals surface area contributed by atoms with E-state index in [1.54, 1.807) is 111 Å². The second-order valence-corrected chi connectivity index (χ2v) is 17.4. The van der Waals surface area contributed by atoms with E-state index >= 15 is 0 Å². The number of halogens is 2. The van der Waals surface area contributed by atoms with Crippen LogP contribution in [0.25, 0.3) is 55.8 Å². The zero-order valence-electron chi connectivity index (χ0n) is 40.0. The Kier molecular flexibility index (Phi) is 16.6. The number of hydrogen-bond donors (Lipinski definition) is 4. The molecule has 0 radical (unpaired) electrons. The molecule has 69 heavy (non-hydrogen) atoms. The first-order valence-electron chi connectivity index (χ1n) is 21.4. The van der Waals surface area contributed by atoms with E-state index in [0.29, 0.717) is 67.1 Å². The van der Waals surface area contributed by atoms with Crippen LogP contribution in [-0.4, -0.2) is 77.6 Å². The van der Waals surface area contributed by atoms with Gasteiger partial charge in [-0.3, -0.25) is 9.97 Å². The largest absolute Gasteiger partial charge is 0.465 e. The van der Waals surface area contributed by atoms with Gasteiger partial charge < -0.3 is 40.3 Å². The van der Waals surface area contributed by atoms with Gasteiger partial charge in [0.2, 0.25) is 0 Å². The highest BCUT2D eigenvalue weighted by molar-refractivity contribution is 6.09. The van der Waals surface area contributed by atoms with Gasteiger partial charge in [-0.25, -0.2) is 33.1 Å². The minimum absolute atomic E-state index is 0.124. The number of alkyl carbamates (subject to hydrolysis) is 2. The highest BCUT2D eigenvalue weighted by Crippen LogP contribution is 2.41. The number of hydrogen-bond acceptors (Lipinski definition) is 15. The summed E-state index contributed by atoms with van der Waals surface area (Å²) in [6, 6.07) is 17.6. The molecule has 5 aromatic heterocycles. The van der Waals surface area contributed by atoms with Crippen LogP contribution < -0.4 is 16.4 Å². The number of pyridine rings is 4. The van der Waals surface area contributed by atoms with Gasteiger partial charge in [-0.05, 0) is 130 Å². The Balaban J connectivity index is 0.000000235. The first-order chi connectivity index (χ1) is 32.5. The van der Waals surface area contributed by atoms with E-state index in [0.717, 1.165) is 0 Å². The van der Waals surface area contributed by atoms with Crippen LogP contribution in [0.15, 0.2) is 94.9 Å². The van der Waals surface area contributed by atoms with Gasteiger partial charge in [0.1, 0.15) is 28.7 Å². The van der Waals surface area contributed by atoms with E-state index in [-0.39, 0.29) is 17.3 Å². The molecule has 2 atom stereocenters. The summed E-state index contributed by atoms with van der Waals surface area (Å²) in [5.41, 5.74) is 7.76. The van der Waals surface area contributed by atoms with Gasteiger partial charge in [0.25, 0.3) is 5.89 Å². The molecule has 0 bridgehead atoms. The van der Waals surface area contributed by atoms with Crippen LogP contribution in [0.1, 0.15) is 102 Å². The van der Waals surface area contributed by atoms with Crippen molar-refractivity contribution < 1.29 is 47.1 Å². The normalized spacial score (nSPS) is 12.4. The fraction of sp³-hybridized carbons (Fsp3) is 0.306. The molecule has 0 aliphatic heterocycles. The molecule has 0 fully saturated rings. The van der Waals surface area contributed by atoms with Gasteiger partial charge in [0.05, 0.1) is 64.1 Å². The summed E-state index contributed by atoms with van der Waals surface area (Å²) in [5, 5.41) is 20.5. The summed E-state index contributed by atoms with van der Waals surface area (Å²) in [4.78, 5) is 60.3. The predicted molar refractivity (Wildman–Crippen MR) is 254 cm³/mol. The number of rotatable bonds is 8. The molecule has 0 aliphatic carbocycles. The lowest BCUT2D eigenvalue weighted by atomic mass is 9.94. The number of aromatic nitrogens is 6. The number of amidine groups is 1. The molecule has 5 heterocycles. The maximum Gasteiger partial charge on any atom is 0.408 e. The van der Waals surface area contributed by atoms with E-state index in [2.05, 4.69) is 40.9 Å². The molecule has 2 aromatic carbocycles. The maximum atomic E-state index is 14.3. The molecule has 5 N–H and O–H groups in total. The number of fused-ring (bicyclic) bond motifs is 2. The molecule has 0 spiro atoms. The number of nitrogens with zero attached hydrogens (tertiary/aromatic N) is 7. The average molecular weight is 949 g/mol. The number of carbonyl (C=O) groups excluding carboxylic acids is 3. The summed E-state index contributed by atoms with van der Waals surface area (Å²) in [6.45, 7) is 17.3. The minimum atomic E-state index is -0.681. The Morgan fingerprint density at radius 1 is 0.725 bits per heavy atom. The molecule has 0 saturated heterocycles. The second kappa shape index (κ2) is 22.1. The SMILES string of the molecule is CC(N)=NO.COC(=O)c1c(-c2ccccn2)c(C(C)NC(=O)OC(C)(C)C)nc2ccc(F)cc12.Cc1noc(-c2c(-c3ccccn3)c(C(C)NC(=O)OC(C)(C)C)nc3ccc(F)cc23)n1. The summed E-state index contributed by atoms with van der Waals surface area (Å²) < 4.78 is 49.6. The maximum absolute atomic E-state index is 14.3. The van der Waals surface area contributed by atoms with Crippen LogP contribution >= 0.6 is 0 Å². The van der Waals surface area contributed by atoms with Gasteiger partial charge in [-0.15, -0.1) is 0 Å². The molecule has 18 nitrogen and oxygen atoms in total. The van der Waals surface area contributed by atoms with E-state index in [4.69, 9.17) is 34.7 Å². The van der Waals surface area contributed by atoms with Crippen molar-refractivity contribution >= 4 is 45.8 Å². The van der Waals surface area contributed by atoms with Gasteiger partial charge in [-0.2, -0.15) is 4.98 Å². The highest BCUT2D eigenvalue weighted by Gasteiger charge is 2.30. The Morgan fingerprint density at radius 3 is 1.61 bits per heavy atom. The number of nitrogens with one attached hydrogen (secondary N) is 2. The van der Waals surface area contributed by atoms with Gasteiger partial charge in [0, 0.05) is 34.3 Å². The third-order valence-electron chi connectivity index (χ3n) is 9.37. The Morgan fingerprint density at radius 2 is 1.19 bits per heavy atom. The van der Waals surface area contributed by atoms with Crippen LogP contribution in [0.5, 0.6) is 0 Å². The molecule has 0 aliphatic rings. The number of carbonyl (C=O) groups is 3. The van der Waals surface area contributed by atoms with Crippen molar-refractivity contribution in [2.75, 3.05) is 7.11 Å². The summed E-state index contributed by atoms with van der Waals surface area (Å²) >= 11 is 0. The summed E-state index contributed by atoms with van der Waals surface area (Å²) in [7, 11) is 1.25. The predicted octanol–water partition coefficient (Wildman–Crippen LogP) is 9.94. The molecular formula is C49H54F2N10O8. The van der Waals surface area contributed by atoms with Crippen molar-refractivity contribution in [1.29, 1.82) is 0 Å². The number of esters is 1. The van der Waals surface area contributed by atoms with Crippen molar-refractivity contribution in [3.05, 3.63) is 120 Å². The first-order valence-corrected chi connectivity index (χ1v) is 21.4. The highest BCUT2D eigenvalue weighted by atomic mass is 19.1. The van der Waals surface area contributed by atoms with E-state index in [1.807, 2.05) is 6.07 Å². The molecule has 7 rings (SSSR count). The third-order valence-corrected chi connectivity index (χ3v) is 9.37. The third kappa shape index (κ3) is 13.7. The Hall–Kier alpha value is -8.16. The van der Waals surface area contributed by atoms with E-state index < -0.39 is 53.1 Å². The number of oxime groups is 1. The monoisotopic (exact) mass is 948 g/mol. The lowest BCUT2D eigenvalue weighted by Gasteiger charge is -2.23. The smallest absolute Gasteiger partial charge is 0.408 e. The topological polar surface area (TPSA) is 252 Å². The van der Waals surface area contributed by atoms with Crippen LogP contribution in [0.4, 0.5) is 18.4 Å². The fourth-order valence-corrected chi connectivity index (χ4v) is 6.72. The van der Waals surface area contributed by atoms with Gasteiger partial charge in [-0.1, -0.05) is 22.4 Å². The Labute approximate surface area is 396 Å². The fourth-order valence-electron chi connectivity index (χ4n) is 6.72. The minimum Gasteiger partial charge on any atom is -0.465 e. The van der Waals surface area contributed by atoms with Crippen molar-refractivity contribution in [2.24, 2.45) is 10.9 Å². The van der Waals surface area contributed by atoms with Crippen LogP contribution in [0.3, 0.4) is 0 Å². The number of methoxy groups -OCH3 is 1. The number of amides is 2. The molecule has 2 unspecified atom stereocenters. The summed E-state index contributed by atoms with van der Waals surface area (Å²) in [5.74, 6) is -0.786. The van der Waals surface area contributed by atoms with E-state index in [9.17, 15) is 23.2 Å². The lowest BCUT2D eigenvalue weighted by Crippen LogP contribution is -2.34. The number of benzene rings is 2. The van der Waals surface area contributed by atoms with Crippen LogP contribution in [0.2, 0.25) is 0 Å². The number of ether oxygens (including phenoxy) is 3. The van der Waals surface area contributed by atoms with Crippen LogP contribution in [-0.2, 0) is 14.2 Å². The van der Waals surface area contributed by atoms with Crippen molar-refractivity contribution in [3.63, 3.8) is 0 Å². The second-order valence-electron chi connectivity index (χ2n) is 17.4. The Bertz CT molecular complexity index is 2970. The average Bonchev–Trinajstić information content (AvgIpc) is 3.72. The van der Waals surface area contributed by atoms with Crippen molar-refractivity contribution in [2.45, 2.75) is 92.5 Å². The van der Waals surface area contributed by atoms with Crippen LogP contribution in [0, 0.1) is 18.6 Å². The molecule has 0 saturated carbocycles. The lowest BCUT2D eigenvalue weighted by molar-refractivity contribution is 0.0495. The quantitative estimate of drug-likeness (QED) is 0.0276. The van der Waals surface area contributed by atoms with E-state index in [1.165, 1.54) is 44.4 Å². The standard InChI is InChI=1S/C24H24FN5O3.C23H24FN3O4.C2H6N2O/c1-13(27-23(31)32-24(3,4)5)21-20(18-8-6-7-11-26-18)19(22-28-14(2)30-33-22)16-12-15(25)9-10-17(16)29-21;1-13(26-22(29)31-23(2,3)4)20-19(17-8-6-7-11-25-17)18(21(28)30-5)15-12-14(24)9-10-16(15)27-20;1-2(3)4-5/h6-13H,1-5H3,(H,27,31);6-13H,1-5H3,(H,26,29);5H,1H3,(H2,3,4). The molecule has 2 amide bonds. The molecule has 20 heteroatoms.